The van der Waals surface area contributed by atoms with Gasteiger partial charge < -0.3 is 9.47 Å². The molecule has 0 radical (unpaired) electrons. The zero-order valence-corrected chi connectivity index (χ0v) is 14.0. The second kappa shape index (κ2) is 6.93. The van der Waals surface area contributed by atoms with Crippen LogP contribution in [-0.4, -0.2) is 48.1 Å². The molecule has 3 rings (SSSR count). The number of rotatable bonds is 4. The van der Waals surface area contributed by atoms with Crippen LogP contribution in [0.15, 0.2) is 30.3 Å². The summed E-state index contributed by atoms with van der Waals surface area (Å²) in [6, 6.07) is 7.82. The van der Waals surface area contributed by atoms with Gasteiger partial charge in [-0.3, -0.25) is 9.69 Å². The highest BCUT2D eigenvalue weighted by atomic mass is 16.6. The van der Waals surface area contributed by atoms with Crippen LogP contribution in [0.3, 0.4) is 0 Å². The van der Waals surface area contributed by atoms with E-state index in [0.717, 1.165) is 0 Å². The highest BCUT2D eigenvalue weighted by molar-refractivity contribution is 5.89. The molecule has 4 atom stereocenters. The lowest BCUT2D eigenvalue weighted by molar-refractivity contribution is -0.162. The fourth-order valence-corrected chi connectivity index (χ4v) is 3.68. The molecular formula is C19H25NO4. The molecule has 24 heavy (non-hydrogen) atoms. The standard InChI is InChI=1S/C19H25NO4/c1-12(2)23-19(22)17-15-10-9-14(20(15)3)11-16(17)24-18(21)13-7-5-4-6-8-13/h4-8,12,14-17H,9-11H2,1-3H3/t14-,15+,16-,17+/m0/s1/i3D3. The first-order valence-electron chi connectivity index (χ1n) is 9.93. The molecule has 2 saturated heterocycles. The van der Waals surface area contributed by atoms with E-state index in [1.807, 2.05) is 0 Å². The second-order valence-corrected chi connectivity index (χ2v) is 6.76. The molecule has 0 saturated carbocycles. The third-order valence-electron chi connectivity index (χ3n) is 4.76. The Morgan fingerprint density at radius 3 is 2.67 bits per heavy atom. The predicted octanol–water partition coefficient (Wildman–Crippen LogP) is 2.65. The van der Waals surface area contributed by atoms with Gasteiger partial charge in [-0.15, -0.1) is 0 Å². The summed E-state index contributed by atoms with van der Waals surface area (Å²) in [5, 5.41) is 0. The van der Waals surface area contributed by atoms with Crippen molar-refractivity contribution in [3.63, 3.8) is 0 Å². The van der Waals surface area contributed by atoms with E-state index in [4.69, 9.17) is 13.6 Å². The van der Waals surface area contributed by atoms with Crippen molar-refractivity contribution >= 4 is 11.9 Å². The number of carbonyl (C=O) groups excluding carboxylic acids is 2. The van der Waals surface area contributed by atoms with Crippen LogP contribution in [0.5, 0.6) is 0 Å². The number of fused-ring (bicyclic) bond motifs is 2. The van der Waals surface area contributed by atoms with Crippen LogP contribution in [-0.2, 0) is 14.3 Å². The van der Waals surface area contributed by atoms with Crippen molar-refractivity contribution < 1.29 is 23.2 Å². The van der Waals surface area contributed by atoms with E-state index in [2.05, 4.69) is 0 Å². The van der Waals surface area contributed by atoms with Crippen LogP contribution in [0.4, 0.5) is 0 Å². The summed E-state index contributed by atoms with van der Waals surface area (Å²) in [4.78, 5) is 26.7. The molecule has 2 bridgehead atoms. The van der Waals surface area contributed by atoms with Crippen LogP contribution >= 0.6 is 0 Å². The van der Waals surface area contributed by atoms with Gasteiger partial charge in [-0.25, -0.2) is 4.79 Å². The number of piperidine rings is 1. The van der Waals surface area contributed by atoms with Crippen molar-refractivity contribution in [2.75, 3.05) is 6.98 Å². The molecular weight excluding hydrogens is 306 g/mol. The lowest BCUT2D eigenvalue weighted by atomic mass is 9.87. The molecule has 1 aromatic rings. The normalized spacial score (nSPS) is 31.9. The minimum atomic E-state index is -2.30. The van der Waals surface area contributed by atoms with Crippen molar-refractivity contribution in [2.45, 2.75) is 57.4 Å². The quantitative estimate of drug-likeness (QED) is 0.792. The second-order valence-electron chi connectivity index (χ2n) is 6.76. The molecule has 0 spiro atoms. The van der Waals surface area contributed by atoms with Gasteiger partial charge in [0, 0.05) is 22.6 Å². The number of nitrogens with zero attached hydrogens (tertiary/aromatic N) is 1. The number of ether oxygens (including phenoxy) is 2. The van der Waals surface area contributed by atoms with Gasteiger partial charge in [0.15, 0.2) is 0 Å². The molecule has 2 aliphatic rings. The molecule has 0 unspecified atom stereocenters. The molecule has 2 aliphatic heterocycles. The number of esters is 2. The third-order valence-corrected chi connectivity index (χ3v) is 4.76. The first-order valence-corrected chi connectivity index (χ1v) is 8.43. The topological polar surface area (TPSA) is 55.8 Å². The number of carbonyl (C=O) groups is 2. The Bertz CT molecular complexity index is 692. The molecule has 1 aromatic carbocycles. The lowest BCUT2D eigenvalue weighted by Crippen LogP contribution is -2.54. The molecule has 0 N–H and O–H groups in total. The van der Waals surface area contributed by atoms with Gasteiger partial charge in [0.25, 0.3) is 0 Å². The summed E-state index contributed by atoms with van der Waals surface area (Å²) in [5.41, 5.74) is 0.402. The first kappa shape index (κ1) is 13.4. The minimum absolute atomic E-state index is 0.237. The fraction of sp³-hybridized carbons (Fsp3) is 0.579. The van der Waals surface area contributed by atoms with Crippen molar-refractivity contribution in [3.8, 4) is 0 Å². The van der Waals surface area contributed by atoms with Crippen LogP contribution in [0.25, 0.3) is 0 Å². The first-order chi connectivity index (χ1) is 12.7. The van der Waals surface area contributed by atoms with E-state index >= 15 is 0 Å². The van der Waals surface area contributed by atoms with Crippen molar-refractivity contribution in [2.24, 2.45) is 5.92 Å². The Labute approximate surface area is 147 Å². The summed E-state index contributed by atoms with van der Waals surface area (Å²) in [6.07, 6.45) is 0.517. The molecule has 130 valence electrons. The number of hydrogen-bond acceptors (Lipinski definition) is 5. The molecule has 2 fully saturated rings. The summed E-state index contributed by atoms with van der Waals surface area (Å²) in [5.74, 6) is -1.82. The zero-order valence-electron chi connectivity index (χ0n) is 17.0. The summed E-state index contributed by atoms with van der Waals surface area (Å²) in [6.45, 7) is 1.19. The summed E-state index contributed by atoms with van der Waals surface area (Å²) in [7, 11) is 0. The van der Waals surface area contributed by atoms with Gasteiger partial charge in [0.05, 0.1) is 11.7 Å². The predicted molar refractivity (Wildman–Crippen MR) is 89.6 cm³/mol. The maximum Gasteiger partial charge on any atom is 0.338 e. The smallest absolute Gasteiger partial charge is 0.338 e. The number of benzene rings is 1. The zero-order chi connectivity index (χ0) is 19.8. The van der Waals surface area contributed by atoms with Gasteiger partial charge in [-0.1, -0.05) is 18.2 Å². The SMILES string of the molecule is [2H]C([2H])([2H])N1[C@H]2CC[C@@H]1[C@@H](C(=O)OC(C)C)[C@@H](OC(=O)c1ccccc1)C2. The molecule has 5 heteroatoms. The Hall–Kier alpha value is -1.88. The van der Waals surface area contributed by atoms with Crippen LogP contribution in [0, 0.1) is 5.92 Å². The maximum atomic E-state index is 12.8. The molecule has 2 heterocycles. The van der Waals surface area contributed by atoms with E-state index in [-0.39, 0.29) is 12.1 Å². The van der Waals surface area contributed by atoms with Crippen molar-refractivity contribution in [1.29, 1.82) is 0 Å². The van der Waals surface area contributed by atoms with Gasteiger partial charge in [0.2, 0.25) is 0 Å². The van der Waals surface area contributed by atoms with E-state index in [1.165, 1.54) is 4.90 Å². The molecule has 0 aliphatic carbocycles. The van der Waals surface area contributed by atoms with Crippen molar-refractivity contribution in [3.05, 3.63) is 35.9 Å². The Kier molecular flexibility index (Phi) is 3.87. The van der Waals surface area contributed by atoms with E-state index in [9.17, 15) is 9.59 Å². The van der Waals surface area contributed by atoms with Crippen LogP contribution in [0.2, 0.25) is 0 Å². The maximum absolute atomic E-state index is 12.8. The monoisotopic (exact) mass is 334 g/mol. The van der Waals surface area contributed by atoms with E-state index in [0.29, 0.717) is 24.8 Å². The van der Waals surface area contributed by atoms with Crippen molar-refractivity contribution in [1.82, 2.24) is 4.90 Å². The number of hydrogen-bond donors (Lipinski definition) is 0. The highest BCUT2D eigenvalue weighted by Crippen LogP contribution is 2.40. The Balaban J connectivity index is 1.86. The van der Waals surface area contributed by atoms with Gasteiger partial charge >= 0.3 is 11.9 Å². The molecule has 0 aromatic heterocycles. The summed E-state index contributed by atoms with van der Waals surface area (Å²) < 4.78 is 34.6. The van der Waals surface area contributed by atoms with Gasteiger partial charge in [-0.2, -0.15) is 0 Å². The van der Waals surface area contributed by atoms with E-state index < -0.39 is 37.0 Å². The van der Waals surface area contributed by atoms with Crippen LogP contribution < -0.4 is 0 Å². The largest absolute Gasteiger partial charge is 0.463 e. The summed E-state index contributed by atoms with van der Waals surface area (Å²) >= 11 is 0. The highest BCUT2D eigenvalue weighted by Gasteiger charge is 2.51. The average Bonchev–Trinajstić information content (AvgIpc) is 2.90. The Morgan fingerprint density at radius 1 is 1.25 bits per heavy atom. The van der Waals surface area contributed by atoms with Gasteiger partial charge in [0.1, 0.15) is 12.0 Å². The Morgan fingerprint density at radius 2 is 2.00 bits per heavy atom. The molecule has 5 nitrogen and oxygen atoms in total. The average molecular weight is 334 g/mol. The van der Waals surface area contributed by atoms with E-state index in [1.54, 1.807) is 44.2 Å². The van der Waals surface area contributed by atoms with Crippen LogP contribution in [0.1, 0.15) is 47.6 Å². The lowest BCUT2D eigenvalue weighted by Gasteiger charge is -2.41. The van der Waals surface area contributed by atoms with Gasteiger partial charge in [-0.05, 0) is 45.8 Å². The fourth-order valence-electron chi connectivity index (χ4n) is 3.68. The molecule has 0 amide bonds. The minimum Gasteiger partial charge on any atom is -0.463 e. The third kappa shape index (κ3) is 3.31.